The lowest BCUT2D eigenvalue weighted by Gasteiger charge is -2.00. The fourth-order valence-corrected chi connectivity index (χ4v) is 0.915. The molecule has 0 aliphatic heterocycles. The molecule has 6 heteroatoms. The summed E-state index contributed by atoms with van der Waals surface area (Å²) >= 11 is 0. The maximum absolute atomic E-state index is 10.9. The Kier molecular flexibility index (Phi) is 3.03. The number of oxime groups is 1. The van der Waals surface area contributed by atoms with Gasteiger partial charge in [-0.1, -0.05) is 17.3 Å². The average molecular weight is 195 g/mol. The normalized spacial score (nSPS) is 11.1. The highest BCUT2D eigenvalue weighted by Crippen LogP contribution is 2.03. The molecule has 0 unspecified atom stereocenters. The fourth-order valence-electron chi connectivity index (χ4n) is 0.915. The highest BCUT2D eigenvalue weighted by atomic mass is 16.5. The molecular weight excluding hydrogens is 186 g/mol. The Balaban J connectivity index is 2.95. The van der Waals surface area contributed by atoms with Crippen molar-refractivity contribution in [2.24, 2.45) is 10.9 Å². The zero-order chi connectivity index (χ0) is 10.6. The van der Waals surface area contributed by atoms with Crippen LogP contribution in [0.3, 0.4) is 0 Å². The van der Waals surface area contributed by atoms with Crippen LogP contribution in [-0.4, -0.2) is 22.2 Å². The number of nitrogens with one attached hydrogen (secondary N) is 1. The monoisotopic (exact) mass is 195 g/mol. The zero-order valence-corrected chi connectivity index (χ0v) is 7.14. The Morgan fingerprint density at radius 3 is 2.21 bits per heavy atom. The molecule has 0 heterocycles. The van der Waals surface area contributed by atoms with Crippen LogP contribution < -0.4 is 11.2 Å². The molecule has 0 spiro atoms. The van der Waals surface area contributed by atoms with Crippen molar-refractivity contribution in [3.63, 3.8) is 0 Å². The second-order valence-electron chi connectivity index (χ2n) is 2.50. The van der Waals surface area contributed by atoms with Crippen LogP contribution in [0.25, 0.3) is 0 Å². The Labute approximate surface area is 79.6 Å². The summed E-state index contributed by atoms with van der Waals surface area (Å²) in [5.41, 5.74) is 7.56. The first-order valence-electron chi connectivity index (χ1n) is 3.71. The van der Waals surface area contributed by atoms with Crippen LogP contribution in [0.1, 0.15) is 15.9 Å². The van der Waals surface area contributed by atoms with Crippen molar-refractivity contribution in [2.75, 3.05) is 0 Å². The smallest absolute Gasteiger partial charge is 0.274 e. The van der Waals surface area contributed by atoms with E-state index < -0.39 is 5.91 Å². The molecule has 74 valence electrons. The molecule has 0 fully saturated rings. The van der Waals surface area contributed by atoms with Gasteiger partial charge in [-0.15, -0.1) is 0 Å². The summed E-state index contributed by atoms with van der Waals surface area (Å²) < 4.78 is 0. The fraction of sp³-hybridized carbons (Fsp3) is 0. The number of carbonyl (C=O) groups excluding carboxylic acids is 1. The molecule has 5 N–H and O–H groups in total. The van der Waals surface area contributed by atoms with Gasteiger partial charge in [0.05, 0.1) is 0 Å². The molecule has 1 rings (SSSR count). The second kappa shape index (κ2) is 4.24. The number of hydrogen-bond donors (Lipinski definition) is 4. The van der Waals surface area contributed by atoms with Gasteiger partial charge in [-0.3, -0.25) is 10.0 Å². The van der Waals surface area contributed by atoms with E-state index in [0.29, 0.717) is 5.56 Å². The third kappa shape index (κ3) is 1.99. The molecule has 0 atom stereocenters. The second-order valence-corrected chi connectivity index (χ2v) is 2.50. The lowest BCUT2D eigenvalue weighted by Crippen LogP contribution is -2.19. The van der Waals surface area contributed by atoms with Crippen molar-refractivity contribution in [2.45, 2.75) is 0 Å². The lowest BCUT2D eigenvalue weighted by atomic mass is 10.1. The molecule has 0 saturated heterocycles. The summed E-state index contributed by atoms with van der Waals surface area (Å²) in [5, 5.41) is 19.5. The average Bonchev–Trinajstić information content (AvgIpc) is 2.27. The zero-order valence-electron chi connectivity index (χ0n) is 7.14. The lowest BCUT2D eigenvalue weighted by molar-refractivity contribution is 0.0706. The van der Waals surface area contributed by atoms with E-state index in [9.17, 15) is 4.79 Å². The minimum atomic E-state index is -0.615. The van der Waals surface area contributed by atoms with Crippen LogP contribution in [0.5, 0.6) is 0 Å². The standard InChI is InChI=1S/C8H9N3O3/c9-7(10-13)5-1-3-6(4-2-5)8(12)11-14/h1-4,13-14H,(H2,9,10)(H,11,12). The Morgan fingerprint density at radius 2 is 1.79 bits per heavy atom. The third-order valence-corrected chi connectivity index (χ3v) is 1.65. The van der Waals surface area contributed by atoms with Crippen molar-refractivity contribution in [3.05, 3.63) is 35.4 Å². The number of carbonyl (C=O) groups is 1. The minimum absolute atomic E-state index is 0.0408. The Morgan fingerprint density at radius 1 is 1.29 bits per heavy atom. The van der Waals surface area contributed by atoms with E-state index in [1.807, 2.05) is 0 Å². The molecule has 0 saturated carbocycles. The molecule has 1 aromatic rings. The number of amides is 1. The van der Waals surface area contributed by atoms with E-state index in [1.54, 1.807) is 0 Å². The van der Waals surface area contributed by atoms with Gasteiger partial charge in [0.1, 0.15) is 0 Å². The predicted molar refractivity (Wildman–Crippen MR) is 48.2 cm³/mol. The van der Waals surface area contributed by atoms with E-state index in [0.717, 1.165) is 0 Å². The molecule has 0 bridgehead atoms. The first-order valence-corrected chi connectivity index (χ1v) is 3.71. The van der Waals surface area contributed by atoms with Crippen molar-refractivity contribution < 1.29 is 15.2 Å². The molecule has 0 aliphatic carbocycles. The van der Waals surface area contributed by atoms with Gasteiger partial charge in [0.15, 0.2) is 5.84 Å². The maximum Gasteiger partial charge on any atom is 0.274 e. The number of hydrogen-bond acceptors (Lipinski definition) is 4. The van der Waals surface area contributed by atoms with Gasteiger partial charge in [-0.2, -0.15) is 0 Å². The van der Waals surface area contributed by atoms with Gasteiger partial charge in [0.25, 0.3) is 5.91 Å². The number of nitrogens with zero attached hydrogens (tertiary/aromatic N) is 1. The number of benzene rings is 1. The Hall–Kier alpha value is -2.08. The van der Waals surface area contributed by atoms with Crippen LogP contribution in [0, 0.1) is 0 Å². The quantitative estimate of drug-likeness (QED) is 0.174. The van der Waals surface area contributed by atoms with E-state index in [2.05, 4.69) is 5.16 Å². The van der Waals surface area contributed by atoms with Crippen molar-refractivity contribution in [3.8, 4) is 0 Å². The van der Waals surface area contributed by atoms with Gasteiger partial charge < -0.3 is 10.9 Å². The Bertz CT molecular complexity index is 359. The van der Waals surface area contributed by atoms with Crippen molar-refractivity contribution >= 4 is 11.7 Å². The molecular formula is C8H9N3O3. The first-order chi connectivity index (χ1) is 6.69. The number of hydroxylamine groups is 1. The summed E-state index contributed by atoms with van der Waals surface area (Å²) in [6, 6.07) is 5.89. The van der Waals surface area contributed by atoms with Crippen molar-refractivity contribution in [1.82, 2.24) is 5.48 Å². The molecule has 14 heavy (non-hydrogen) atoms. The van der Waals surface area contributed by atoms with Gasteiger partial charge in [0.2, 0.25) is 0 Å². The van der Waals surface area contributed by atoms with Crippen LogP contribution in [-0.2, 0) is 0 Å². The van der Waals surface area contributed by atoms with Crippen LogP contribution in [0.2, 0.25) is 0 Å². The summed E-state index contributed by atoms with van der Waals surface area (Å²) in [6.45, 7) is 0. The highest BCUT2D eigenvalue weighted by molar-refractivity contribution is 5.99. The molecule has 0 aromatic heterocycles. The summed E-state index contributed by atoms with van der Waals surface area (Å²) in [6.07, 6.45) is 0. The minimum Gasteiger partial charge on any atom is -0.409 e. The van der Waals surface area contributed by atoms with Gasteiger partial charge in [0, 0.05) is 11.1 Å². The van der Waals surface area contributed by atoms with Crippen LogP contribution in [0.4, 0.5) is 0 Å². The highest BCUT2D eigenvalue weighted by Gasteiger charge is 2.04. The molecule has 0 aliphatic rings. The van der Waals surface area contributed by atoms with E-state index in [1.165, 1.54) is 29.7 Å². The summed E-state index contributed by atoms with van der Waals surface area (Å²) in [5.74, 6) is -0.656. The maximum atomic E-state index is 10.9. The number of amidine groups is 1. The molecule has 1 amide bonds. The van der Waals surface area contributed by atoms with E-state index in [-0.39, 0.29) is 11.4 Å². The van der Waals surface area contributed by atoms with Crippen LogP contribution in [0.15, 0.2) is 29.4 Å². The first kappa shape index (κ1) is 10.0. The van der Waals surface area contributed by atoms with Crippen LogP contribution >= 0.6 is 0 Å². The SMILES string of the molecule is N/C(=N/O)c1ccc(C(=O)NO)cc1. The van der Waals surface area contributed by atoms with Gasteiger partial charge >= 0.3 is 0 Å². The number of nitrogens with two attached hydrogens (primary N) is 1. The summed E-state index contributed by atoms with van der Waals surface area (Å²) in [7, 11) is 0. The molecule has 0 radical (unpaired) electrons. The van der Waals surface area contributed by atoms with Gasteiger partial charge in [-0.25, -0.2) is 5.48 Å². The number of rotatable bonds is 2. The van der Waals surface area contributed by atoms with Gasteiger partial charge in [-0.05, 0) is 12.1 Å². The summed E-state index contributed by atoms with van der Waals surface area (Å²) in [4.78, 5) is 10.9. The van der Waals surface area contributed by atoms with E-state index in [4.69, 9.17) is 16.1 Å². The molecule has 6 nitrogen and oxygen atoms in total. The topological polar surface area (TPSA) is 108 Å². The van der Waals surface area contributed by atoms with Crippen molar-refractivity contribution in [1.29, 1.82) is 0 Å². The molecule has 1 aromatic carbocycles. The third-order valence-electron chi connectivity index (χ3n) is 1.65. The predicted octanol–water partition coefficient (Wildman–Crippen LogP) is -0.0999. The largest absolute Gasteiger partial charge is 0.409 e. The van der Waals surface area contributed by atoms with E-state index >= 15 is 0 Å².